The second kappa shape index (κ2) is 5.42. The van der Waals surface area contributed by atoms with Gasteiger partial charge in [0.1, 0.15) is 0 Å². The van der Waals surface area contributed by atoms with Crippen LogP contribution in [0.15, 0.2) is 54.1 Å². The van der Waals surface area contributed by atoms with Crippen LogP contribution in [0.25, 0.3) is 0 Å². The van der Waals surface area contributed by atoms with Crippen molar-refractivity contribution in [2.45, 2.75) is 17.5 Å². The Balaban J connectivity index is 2.53. The molecule has 0 fully saturated rings. The largest absolute Gasteiger partial charge is 0.355 e. The third-order valence-corrected chi connectivity index (χ3v) is 3.89. The molecule has 0 aliphatic heterocycles. The number of carbonyl (C=O) groups excluding carboxylic acids is 1. The predicted octanol–water partition coefficient (Wildman–Crippen LogP) is 2.98. The molecular formula is C15H14ClNO4. The zero-order chi connectivity index (χ0) is 15.7. The Bertz CT molecular complexity index is 640. The number of alkyl halides is 1. The highest BCUT2D eigenvalue weighted by Crippen LogP contribution is 2.37. The van der Waals surface area contributed by atoms with Gasteiger partial charge in [0.2, 0.25) is 0 Å². The molecule has 6 heteroatoms. The topological polar surface area (TPSA) is 69.4 Å². The number of nitrogens with zero attached hydrogens (tertiary/aromatic N) is 1. The van der Waals surface area contributed by atoms with Crippen molar-refractivity contribution in [3.8, 4) is 0 Å². The number of nitro groups is 1. The summed E-state index contributed by atoms with van der Waals surface area (Å²) in [5.74, 6) is -0.398. The number of hydrogen-bond acceptors (Lipinski definition) is 4. The molecule has 0 saturated heterocycles. The summed E-state index contributed by atoms with van der Waals surface area (Å²) in [5, 5.41) is 9.70. The number of ketones is 1. The lowest BCUT2D eigenvalue weighted by Gasteiger charge is -2.30. The average molecular weight is 308 g/mol. The van der Waals surface area contributed by atoms with Crippen LogP contribution in [0.3, 0.4) is 0 Å². The number of rotatable bonds is 4. The Labute approximate surface area is 127 Å². The molecular weight excluding hydrogens is 294 g/mol. The summed E-state index contributed by atoms with van der Waals surface area (Å²) >= 11 is 6.28. The highest BCUT2D eigenvalue weighted by Gasteiger charge is 2.45. The van der Waals surface area contributed by atoms with Crippen molar-refractivity contribution in [3.63, 3.8) is 0 Å². The van der Waals surface area contributed by atoms with Crippen LogP contribution in [0.2, 0.25) is 0 Å². The van der Waals surface area contributed by atoms with E-state index in [1.165, 1.54) is 32.3 Å². The lowest BCUT2D eigenvalue weighted by atomic mass is 9.86. The summed E-state index contributed by atoms with van der Waals surface area (Å²) in [5.41, 5.74) is -1.05. The highest BCUT2D eigenvalue weighted by atomic mass is 35.5. The third kappa shape index (κ3) is 2.75. The molecule has 2 rings (SSSR count). The molecule has 0 bridgehead atoms. The fourth-order valence-electron chi connectivity index (χ4n) is 2.06. The van der Waals surface area contributed by atoms with Gasteiger partial charge < -0.3 is 4.74 Å². The summed E-state index contributed by atoms with van der Waals surface area (Å²) in [6.45, 7) is 1.40. The Kier molecular flexibility index (Phi) is 3.98. The summed E-state index contributed by atoms with van der Waals surface area (Å²) in [6.07, 6.45) is 3.91. The van der Waals surface area contributed by atoms with E-state index in [-0.39, 0.29) is 5.57 Å². The SMILES string of the molecule is COC1(Cl)C=CC(C)([N+](=O)[O-])C=C1C(=O)c1ccccc1. The minimum absolute atomic E-state index is 0.0413. The van der Waals surface area contributed by atoms with Gasteiger partial charge in [0.25, 0.3) is 5.54 Å². The molecule has 0 radical (unpaired) electrons. The Hall–Kier alpha value is -1.98. The fraction of sp³-hybridized carbons (Fsp3) is 0.267. The molecule has 0 aromatic heterocycles. The number of benzene rings is 1. The highest BCUT2D eigenvalue weighted by molar-refractivity contribution is 6.31. The molecule has 0 N–H and O–H groups in total. The second-order valence-electron chi connectivity index (χ2n) is 4.92. The van der Waals surface area contributed by atoms with E-state index in [9.17, 15) is 14.9 Å². The second-order valence-corrected chi connectivity index (χ2v) is 5.48. The molecule has 0 amide bonds. The van der Waals surface area contributed by atoms with Gasteiger partial charge in [0.15, 0.2) is 10.8 Å². The maximum atomic E-state index is 12.6. The Morgan fingerprint density at radius 2 is 1.90 bits per heavy atom. The van der Waals surface area contributed by atoms with E-state index >= 15 is 0 Å². The normalized spacial score (nSPS) is 28.0. The predicted molar refractivity (Wildman–Crippen MR) is 79.0 cm³/mol. The lowest BCUT2D eigenvalue weighted by Crippen LogP contribution is -2.40. The Morgan fingerprint density at radius 1 is 1.29 bits per heavy atom. The summed E-state index contributed by atoms with van der Waals surface area (Å²) in [4.78, 5) is 23.3. The number of halogens is 1. The van der Waals surface area contributed by atoms with Crippen molar-refractivity contribution in [3.05, 3.63) is 69.8 Å². The number of Topliss-reactive ketones (excluding diaryl/α,β-unsaturated/α-hetero) is 1. The van der Waals surface area contributed by atoms with Gasteiger partial charge in [0, 0.05) is 30.6 Å². The first-order chi connectivity index (χ1) is 9.82. The van der Waals surface area contributed by atoms with Crippen molar-refractivity contribution in [2.75, 3.05) is 7.11 Å². The smallest absolute Gasteiger partial charge is 0.256 e. The minimum atomic E-state index is -1.50. The van der Waals surface area contributed by atoms with Gasteiger partial charge in [-0.25, -0.2) is 0 Å². The number of carbonyl (C=O) groups is 1. The van der Waals surface area contributed by atoms with Gasteiger partial charge in [-0.15, -0.1) is 0 Å². The van der Waals surface area contributed by atoms with E-state index in [1.54, 1.807) is 30.3 Å². The molecule has 2 unspecified atom stereocenters. The van der Waals surface area contributed by atoms with E-state index in [1.807, 2.05) is 0 Å². The monoisotopic (exact) mass is 307 g/mol. The molecule has 1 aliphatic rings. The molecule has 21 heavy (non-hydrogen) atoms. The molecule has 1 aromatic rings. The van der Waals surface area contributed by atoms with Crippen molar-refractivity contribution < 1.29 is 14.5 Å². The van der Waals surface area contributed by atoms with E-state index in [4.69, 9.17) is 16.3 Å². The van der Waals surface area contributed by atoms with Gasteiger partial charge in [-0.05, 0) is 12.2 Å². The van der Waals surface area contributed by atoms with Crippen molar-refractivity contribution in [2.24, 2.45) is 0 Å². The number of methoxy groups -OCH3 is 1. The summed E-state index contributed by atoms with van der Waals surface area (Å²) in [7, 11) is 1.35. The van der Waals surface area contributed by atoms with Gasteiger partial charge in [-0.3, -0.25) is 14.9 Å². The van der Waals surface area contributed by atoms with Gasteiger partial charge in [-0.2, -0.15) is 0 Å². The van der Waals surface area contributed by atoms with Crippen molar-refractivity contribution in [1.82, 2.24) is 0 Å². The maximum Gasteiger partial charge on any atom is 0.256 e. The Morgan fingerprint density at radius 3 is 2.43 bits per heavy atom. The van der Waals surface area contributed by atoms with Crippen molar-refractivity contribution in [1.29, 1.82) is 0 Å². The van der Waals surface area contributed by atoms with E-state index in [0.717, 1.165) is 0 Å². The van der Waals surface area contributed by atoms with Crippen LogP contribution >= 0.6 is 11.6 Å². The summed E-state index contributed by atoms with van der Waals surface area (Å²) in [6, 6.07) is 8.44. The molecule has 1 aromatic carbocycles. The van der Waals surface area contributed by atoms with Gasteiger partial charge >= 0.3 is 0 Å². The molecule has 2 atom stereocenters. The third-order valence-electron chi connectivity index (χ3n) is 3.41. The first-order valence-corrected chi connectivity index (χ1v) is 6.62. The van der Waals surface area contributed by atoms with E-state index in [2.05, 4.69) is 0 Å². The van der Waals surface area contributed by atoms with E-state index < -0.39 is 21.3 Å². The molecule has 0 spiro atoms. The zero-order valence-electron chi connectivity index (χ0n) is 11.6. The molecule has 110 valence electrons. The van der Waals surface area contributed by atoms with Gasteiger partial charge in [-0.1, -0.05) is 41.9 Å². The van der Waals surface area contributed by atoms with Crippen LogP contribution in [0.4, 0.5) is 0 Å². The van der Waals surface area contributed by atoms with Crippen LogP contribution in [0.1, 0.15) is 17.3 Å². The van der Waals surface area contributed by atoms with Crippen LogP contribution in [-0.2, 0) is 4.74 Å². The molecule has 0 heterocycles. The van der Waals surface area contributed by atoms with Crippen LogP contribution in [0.5, 0.6) is 0 Å². The van der Waals surface area contributed by atoms with Crippen molar-refractivity contribution >= 4 is 17.4 Å². The van der Waals surface area contributed by atoms with Crippen LogP contribution < -0.4 is 0 Å². The fourth-order valence-corrected chi connectivity index (χ4v) is 2.26. The van der Waals surface area contributed by atoms with Crippen LogP contribution in [0, 0.1) is 10.1 Å². The van der Waals surface area contributed by atoms with Gasteiger partial charge in [0.05, 0.1) is 5.57 Å². The number of hydrogen-bond donors (Lipinski definition) is 0. The molecule has 1 aliphatic carbocycles. The quantitative estimate of drug-likeness (QED) is 0.282. The standard InChI is InChI=1S/C15H14ClNO4/c1-14(17(19)20)8-9-15(16,21-2)12(10-14)13(18)11-6-4-3-5-7-11/h3-10H,1-2H3. The average Bonchev–Trinajstić information content (AvgIpc) is 2.50. The maximum absolute atomic E-state index is 12.6. The zero-order valence-corrected chi connectivity index (χ0v) is 12.3. The van der Waals surface area contributed by atoms with Crippen LogP contribution in [-0.4, -0.2) is 28.4 Å². The first kappa shape index (κ1) is 15.4. The molecule has 5 nitrogen and oxygen atoms in total. The summed E-state index contributed by atoms with van der Waals surface area (Å²) < 4.78 is 5.17. The minimum Gasteiger partial charge on any atom is -0.355 e. The number of ether oxygens (including phenoxy) is 1. The lowest BCUT2D eigenvalue weighted by molar-refractivity contribution is -0.536. The molecule has 0 saturated carbocycles. The van der Waals surface area contributed by atoms with E-state index in [0.29, 0.717) is 5.56 Å². The first-order valence-electron chi connectivity index (χ1n) is 6.24.